The number of pyridine rings is 1. The summed E-state index contributed by atoms with van der Waals surface area (Å²) in [5.41, 5.74) is -0.0216. The number of hydrogen-bond donors (Lipinski definition) is 1. The Morgan fingerprint density at radius 3 is 2.52 bits per heavy atom. The first-order valence-electron chi connectivity index (χ1n) is 5.77. The van der Waals surface area contributed by atoms with Crippen LogP contribution in [0.3, 0.4) is 0 Å². The quantitative estimate of drug-likeness (QED) is 0.0518. The van der Waals surface area contributed by atoms with E-state index in [9.17, 15) is 24.7 Å². The van der Waals surface area contributed by atoms with Crippen molar-refractivity contribution in [3.63, 3.8) is 0 Å². The number of nitrogens with zero attached hydrogens (tertiary/aromatic N) is 1. The molecule has 0 aliphatic carbocycles. The van der Waals surface area contributed by atoms with Crippen molar-refractivity contribution in [2.75, 3.05) is 8.86 Å². The van der Waals surface area contributed by atoms with E-state index in [1.54, 1.807) is 45.2 Å². The first kappa shape index (κ1) is 23.3. The van der Waals surface area contributed by atoms with E-state index in [4.69, 9.17) is 4.74 Å². The Kier molecular flexibility index (Phi) is 11.9. The summed E-state index contributed by atoms with van der Waals surface area (Å²) in [5, 5.41) is 19.6. The van der Waals surface area contributed by atoms with E-state index >= 15 is 0 Å². The summed E-state index contributed by atoms with van der Waals surface area (Å²) in [6, 6.07) is 1.07. The molecular formula is C12H10I2NNaO7. The molecule has 0 aliphatic heterocycles. The first-order chi connectivity index (χ1) is 10.4. The number of halogens is 2. The third-order valence-electron chi connectivity index (χ3n) is 2.42. The number of carbonyl (C=O) groups excluding carboxylic acids is 3. The number of carbonyl (C=O) groups is 3. The number of Topliss-reactive ketones (excluding diaryl/α,β-unsaturated/α-hetero) is 2. The fourth-order valence-electron chi connectivity index (χ4n) is 1.36. The molecule has 23 heavy (non-hydrogen) atoms. The molecule has 0 saturated carbocycles. The Hall–Kier alpha value is 0.300. The van der Waals surface area contributed by atoms with Gasteiger partial charge in [0, 0.05) is 27.8 Å². The standard InChI is InChI=1S/C12H11I2NO7.Na/c13-2-8(16)11(18)7-1-10(15-4-6(7)5-21-20)22-12(19)9(17)3-14;/h1,4,9,17,20H,2-3,5H2;/q;+1/p-1. The normalized spacial score (nSPS) is 11.3. The van der Waals surface area contributed by atoms with E-state index in [0.29, 0.717) is 0 Å². The molecule has 0 radical (unpaired) electrons. The zero-order valence-corrected chi connectivity index (χ0v) is 18.3. The number of alkyl halides is 2. The summed E-state index contributed by atoms with van der Waals surface area (Å²) < 4.78 is 4.90. The van der Waals surface area contributed by atoms with Crippen LogP contribution in [0.4, 0.5) is 0 Å². The van der Waals surface area contributed by atoms with Crippen LogP contribution in [-0.2, 0) is 21.1 Å². The van der Waals surface area contributed by atoms with Crippen molar-refractivity contribution in [2.24, 2.45) is 0 Å². The number of aliphatic hydroxyl groups excluding tert-OH is 1. The second-order valence-electron chi connectivity index (χ2n) is 3.92. The molecule has 1 N–H and O–H groups in total. The van der Waals surface area contributed by atoms with Gasteiger partial charge in [-0.3, -0.25) is 9.59 Å². The number of esters is 1. The van der Waals surface area contributed by atoms with Gasteiger partial charge in [0.05, 0.1) is 11.0 Å². The number of ketones is 2. The molecule has 1 aromatic rings. The van der Waals surface area contributed by atoms with Gasteiger partial charge < -0.3 is 20.0 Å². The summed E-state index contributed by atoms with van der Waals surface area (Å²) in [7, 11) is 0. The molecule has 0 aromatic carbocycles. The van der Waals surface area contributed by atoms with Crippen LogP contribution < -0.4 is 39.6 Å². The maximum Gasteiger partial charge on any atom is 1.00 e. The number of aromatic nitrogens is 1. The first-order valence-corrected chi connectivity index (χ1v) is 8.82. The van der Waals surface area contributed by atoms with Crippen LogP contribution in [-0.4, -0.2) is 42.6 Å². The fourth-order valence-corrected chi connectivity index (χ4v) is 2.06. The number of rotatable bonds is 8. The molecule has 0 aliphatic rings. The molecule has 0 bridgehead atoms. The Bertz CT molecular complexity index is 585. The van der Waals surface area contributed by atoms with Gasteiger partial charge in [0.2, 0.25) is 17.4 Å². The third kappa shape index (κ3) is 6.97. The van der Waals surface area contributed by atoms with Gasteiger partial charge in [-0.15, -0.1) is 0 Å². The van der Waals surface area contributed by atoms with Gasteiger partial charge in [-0.25, -0.2) is 9.78 Å². The van der Waals surface area contributed by atoms with Crippen LogP contribution >= 0.6 is 45.2 Å². The van der Waals surface area contributed by atoms with Crippen molar-refractivity contribution < 1.29 is 63.9 Å². The summed E-state index contributed by atoms with van der Waals surface area (Å²) in [6.45, 7) is -0.465. The second-order valence-corrected chi connectivity index (χ2v) is 5.56. The number of aliphatic hydroxyl groups is 1. The fraction of sp³-hybridized carbons (Fsp3) is 0.333. The summed E-state index contributed by atoms with van der Waals surface area (Å²) in [4.78, 5) is 42.4. The molecule has 0 saturated heterocycles. The Morgan fingerprint density at radius 1 is 1.35 bits per heavy atom. The predicted octanol–water partition coefficient (Wildman–Crippen LogP) is -3.23. The minimum absolute atomic E-state index is 0. The largest absolute Gasteiger partial charge is 1.00 e. The molecule has 120 valence electrons. The van der Waals surface area contributed by atoms with Crippen molar-refractivity contribution in [1.82, 2.24) is 4.98 Å². The maximum atomic E-state index is 12.0. The Balaban J connectivity index is 0.00000484. The molecule has 8 nitrogen and oxygen atoms in total. The van der Waals surface area contributed by atoms with E-state index in [-0.39, 0.29) is 55.4 Å². The third-order valence-corrected chi connectivity index (χ3v) is 3.95. The second kappa shape index (κ2) is 11.8. The summed E-state index contributed by atoms with van der Waals surface area (Å²) >= 11 is 3.53. The van der Waals surface area contributed by atoms with Crippen molar-refractivity contribution in [3.8, 4) is 5.88 Å². The number of ether oxygens (including phenoxy) is 1. The summed E-state index contributed by atoms with van der Waals surface area (Å²) in [6.07, 6.45) is -0.229. The van der Waals surface area contributed by atoms with E-state index in [0.717, 1.165) is 12.3 Å². The molecule has 11 heteroatoms. The molecule has 1 atom stereocenters. The van der Waals surface area contributed by atoms with Crippen LogP contribution in [0.5, 0.6) is 5.88 Å². The zero-order valence-electron chi connectivity index (χ0n) is 12.0. The SMILES string of the molecule is O=C(CI)C(=O)c1cc(OC(=O)C(O)CI)ncc1CO[O-].[Na+]. The van der Waals surface area contributed by atoms with E-state index in [2.05, 4.69) is 9.87 Å². The van der Waals surface area contributed by atoms with Crippen molar-refractivity contribution in [2.45, 2.75) is 12.7 Å². The van der Waals surface area contributed by atoms with Gasteiger partial charge in [-0.05, 0) is 0 Å². The predicted molar refractivity (Wildman–Crippen MR) is 87.8 cm³/mol. The monoisotopic (exact) mass is 557 g/mol. The molecule has 1 aromatic heterocycles. The minimum Gasteiger partial charge on any atom is -0.723 e. The van der Waals surface area contributed by atoms with Crippen LogP contribution in [0.1, 0.15) is 15.9 Å². The van der Waals surface area contributed by atoms with Crippen LogP contribution in [0.15, 0.2) is 12.3 Å². The average Bonchev–Trinajstić information content (AvgIpc) is 2.54. The molecule has 0 amide bonds. The zero-order chi connectivity index (χ0) is 16.7. The van der Waals surface area contributed by atoms with Gasteiger partial charge >= 0.3 is 35.5 Å². The van der Waals surface area contributed by atoms with Gasteiger partial charge in [0.25, 0.3) is 0 Å². The average molecular weight is 557 g/mol. The molecule has 0 fully saturated rings. The molecule has 1 heterocycles. The minimum atomic E-state index is -1.33. The molecule has 0 spiro atoms. The van der Waals surface area contributed by atoms with Crippen LogP contribution in [0, 0.1) is 0 Å². The summed E-state index contributed by atoms with van der Waals surface area (Å²) in [5.74, 6) is -2.71. The van der Waals surface area contributed by atoms with Crippen molar-refractivity contribution in [1.29, 1.82) is 0 Å². The van der Waals surface area contributed by atoms with Crippen LogP contribution in [0.2, 0.25) is 0 Å². The molecule has 1 unspecified atom stereocenters. The van der Waals surface area contributed by atoms with Gasteiger partial charge in [-0.1, -0.05) is 45.2 Å². The topological polar surface area (TPSA) is 126 Å². The van der Waals surface area contributed by atoms with Crippen molar-refractivity contribution >= 4 is 62.7 Å². The van der Waals surface area contributed by atoms with E-state index in [1.807, 2.05) is 0 Å². The van der Waals surface area contributed by atoms with E-state index in [1.165, 1.54) is 0 Å². The molecule has 1 rings (SSSR count). The van der Waals surface area contributed by atoms with Crippen LogP contribution in [0.25, 0.3) is 0 Å². The maximum absolute atomic E-state index is 12.0. The Labute approximate surface area is 180 Å². The van der Waals surface area contributed by atoms with E-state index < -0.39 is 30.2 Å². The van der Waals surface area contributed by atoms with Gasteiger partial charge in [-0.2, -0.15) is 0 Å². The van der Waals surface area contributed by atoms with Crippen molar-refractivity contribution in [3.05, 3.63) is 23.4 Å². The number of hydrogen-bond acceptors (Lipinski definition) is 8. The Morgan fingerprint density at radius 2 is 2.00 bits per heavy atom. The van der Waals surface area contributed by atoms with Gasteiger partial charge in [0.1, 0.15) is 0 Å². The smallest absolute Gasteiger partial charge is 0.723 e. The van der Waals surface area contributed by atoms with Gasteiger partial charge in [0.15, 0.2) is 6.10 Å². The molecular weight excluding hydrogens is 547 g/mol.